The van der Waals surface area contributed by atoms with E-state index in [4.69, 9.17) is 0 Å². The summed E-state index contributed by atoms with van der Waals surface area (Å²) in [7, 11) is 0. The molecule has 0 heterocycles. The minimum absolute atomic E-state index is 0. The van der Waals surface area contributed by atoms with Crippen molar-refractivity contribution in [3.63, 3.8) is 0 Å². The summed E-state index contributed by atoms with van der Waals surface area (Å²) in [5.74, 6) is 1.40. The quantitative estimate of drug-likeness (QED) is 0.444. The Morgan fingerprint density at radius 3 is 1.96 bits per heavy atom. The van der Waals surface area contributed by atoms with Crippen molar-refractivity contribution >= 4 is 0 Å². The Morgan fingerprint density at radius 2 is 1.33 bits per heavy atom. The van der Waals surface area contributed by atoms with Crippen LogP contribution in [0.5, 0.6) is 0 Å². The van der Waals surface area contributed by atoms with Crippen LogP contribution in [0, 0.1) is 18.7 Å². The molecule has 3 aromatic rings. The summed E-state index contributed by atoms with van der Waals surface area (Å²) in [5, 5.41) is 0. The summed E-state index contributed by atoms with van der Waals surface area (Å²) < 4.78 is 14.7. The Bertz CT molecular complexity index is 904. The molecule has 3 aromatic carbocycles. The first-order chi connectivity index (χ1) is 13.1. The molecule has 0 saturated heterocycles. The number of halogens is 1. The molecule has 0 bridgehead atoms. The van der Waals surface area contributed by atoms with Crippen molar-refractivity contribution in [2.75, 3.05) is 0 Å². The van der Waals surface area contributed by atoms with Gasteiger partial charge < -0.3 is 0 Å². The molecule has 1 saturated carbocycles. The van der Waals surface area contributed by atoms with Gasteiger partial charge in [-0.2, -0.15) is 0 Å². The predicted molar refractivity (Wildman–Crippen MR) is 114 cm³/mol. The van der Waals surface area contributed by atoms with E-state index in [1.54, 1.807) is 6.07 Å². The molecule has 1 heteroatoms. The third-order valence-electron chi connectivity index (χ3n) is 6.06. The van der Waals surface area contributed by atoms with Crippen LogP contribution < -0.4 is 0 Å². The number of rotatable bonds is 3. The smallest absolute Gasteiger partial charge is 0.131 e. The molecule has 0 aromatic heterocycles. The molecule has 0 N–H and O–H groups in total. The highest BCUT2D eigenvalue weighted by Crippen LogP contribution is 2.36. The lowest BCUT2D eigenvalue weighted by Gasteiger charge is -2.26. The number of hydrogen-bond donors (Lipinski definition) is 0. The largest absolute Gasteiger partial charge is 0.206 e. The van der Waals surface area contributed by atoms with Crippen LogP contribution in [-0.4, -0.2) is 0 Å². The summed E-state index contributed by atoms with van der Waals surface area (Å²) in [6, 6.07) is 22.3. The second-order valence-electron chi connectivity index (χ2n) is 8.14. The molecule has 4 rings (SSSR count). The van der Waals surface area contributed by atoms with E-state index in [2.05, 4.69) is 31.2 Å². The Labute approximate surface area is 163 Å². The summed E-state index contributed by atoms with van der Waals surface area (Å²) in [5.41, 5.74) is 6.22. The van der Waals surface area contributed by atoms with Crippen molar-refractivity contribution in [3.8, 4) is 22.3 Å². The first-order valence-corrected chi connectivity index (χ1v) is 10.1. The van der Waals surface area contributed by atoms with Gasteiger partial charge in [-0.05, 0) is 59.9 Å². The highest BCUT2D eigenvalue weighted by Gasteiger charge is 2.19. The highest BCUT2D eigenvalue weighted by molar-refractivity contribution is 5.71. The van der Waals surface area contributed by atoms with Crippen LogP contribution in [0.4, 0.5) is 4.39 Å². The zero-order valence-corrected chi connectivity index (χ0v) is 16.2. The normalized spacial score (nSPS) is 19.8. The van der Waals surface area contributed by atoms with Crippen LogP contribution in [0.25, 0.3) is 22.3 Å². The zero-order chi connectivity index (χ0) is 18.8. The van der Waals surface area contributed by atoms with Gasteiger partial charge in [0.25, 0.3) is 0 Å². The fourth-order valence-corrected chi connectivity index (χ4v) is 4.20. The Kier molecular flexibility index (Phi) is 5.11. The van der Waals surface area contributed by atoms with E-state index in [0.29, 0.717) is 11.5 Å². The predicted octanol–water partition coefficient (Wildman–Crippen LogP) is 8.01. The van der Waals surface area contributed by atoms with Crippen molar-refractivity contribution in [1.29, 1.82) is 0 Å². The van der Waals surface area contributed by atoms with Gasteiger partial charge in [0.15, 0.2) is 0 Å². The second kappa shape index (κ2) is 7.68. The van der Waals surface area contributed by atoms with E-state index in [1.807, 2.05) is 43.3 Å². The fraction of sp³-hybridized carbons (Fsp3) is 0.308. The maximum atomic E-state index is 14.7. The lowest BCUT2D eigenvalue weighted by atomic mass is 9.79. The van der Waals surface area contributed by atoms with Gasteiger partial charge in [-0.3, -0.25) is 0 Å². The van der Waals surface area contributed by atoms with E-state index < -0.39 is 0 Å². The van der Waals surface area contributed by atoms with Crippen molar-refractivity contribution in [2.24, 2.45) is 5.92 Å². The van der Waals surface area contributed by atoms with Crippen LogP contribution in [0.1, 0.15) is 51.1 Å². The molecule has 0 aliphatic heterocycles. The van der Waals surface area contributed by atoms with E-state index in [-0.39, 0.29) is 7.24 Å². The zero-order valence-electron chi connectivity index (χ0n) is 16.2. The molecule has 0 amide bonds. The number of hydrogen-bond acceptors (Lipinski definition) is 0. The van der Waals surface area contributed by atoms with Gasteiger partial charge in [0.05, 0.1) is 0 Å². The average molecular weight is 361 g/mol. The van der Waals surface area contributed by atoms with E-state index >= 15 is 0 Å². The first-order valence-electron chi connectivity index (χ1n) is 10.1. The average Bonchev–Trinajstić information content (AvgIpc) is 2.69. The summed E-state index contributed by atoms with van der Waals surface area (Å²) in [4.78, 5) is 0. The molecule has 27 heavy (non-hydrogen) atoms. The van der Waals surface area contributed by atoms with Crippen LogP contribution in [0.15, 0.2) is 66.7 Å². The Balaban J connectivity index is 0.00000225. The van der Waals surface area contributed by atoms with Gasteiger partial charge in [0.1, 0.15) is 5.82 Å². The van der Waals surface area contributed by atoms with Crippen molar-refractivity contribution in [3.05, 3.63) is 83.7 Å². The van der Waals surface area contributed by atoms with E-state index in [0.717, 1.165) is 22.6 Å². The Morgan fingerprint density at radius 1 is 0.741 bits per heavy atom. The van der Waals surface area contributed by atoms with Crippen LogP contribution in [0.2, 0.25) is 0 Å². The standard InChI is InChI=1S/C26H27F.H2/c1-18-3-7-20(8-4-18)21-11-13-22(14-12-21)24-15-16-25(26(27)17-24)23-9-5-19(2)6-10-23;/h5-6,9-18,20H,3-4,7-8H2,1-2H3;1H. The third kappa shape index (κ3) is 3.98. The lowest BCUT2D eigenvalue weighted by Crippen LogP contribution is -2.10. The molecule has 0 unspecified atom stereocenters. The third-order valence-corrected chi connectivity index (χ3v) is 6.06. The van der Waals surface area contributed by atoms with Crippen LogP contribution >= 0.6 is 0 Å². The minimum Gasteiger partial charge on any atom is -0.206 e. The summed E-state index contributed by atoms with van der Waals surface area (Å²) in [6.45, 7) is 4.40. The van der Waals surface area contributed by atoms with Gasteiger partial charge in [-0.15, -0.1) is 0 Å². The molecule has 1 fully saturated rings. The van der Waals surface area contributed by atoms with Gasteiger partial charge in [0.2, 0.25) is 0 Å². The molecule has 1 aliphatic rings. The van der Waals surface area contributed by atoms with Gasteiger partial charge in [-0.1, -0.05) is 86.0 Å². The molecule has 0 atom stereocenters. The minimum atomic E-state index is -0.165. The SMILES string of the molecule is Cc1ccc(-c2ccc(-c3ccc(C4CCC(C)CC4)cc3)cc2F)cc1.[HH]. The molecule has 0 radical (unpaired) electrons. The molecule has 1 aliphatic carbocycles. The summed E-state index contributed by atoms with van der Waals surface area (Å²) >= 11 is 0. The number of aryl methyl sites for hydroxylation is 1. The maximum absolute atomic E-state index is 14.7. The lowest BCUT2D eigenvalue weighted by molar-refractivity contribution is 0.348. The topological polar surface area (TPSA) is 0 Å². The first kappa shape index (κ1) is 18.0. The van der Waals surface area contributed by atoms with E-state index in [9.17, 15) is 4.39 Å². The van der Waals surface area contributed by atoms with Crippen molar-refractivity contribution in [2.45, 2.75) is 45.4 Å². The molecular formula is C26H29F. The molecule has 140 valence electrons. The second-order valence-corrected chi connectivity index (χ2v) is 8.14. The van der Waals surface area contributed by atoms with Crippen LogP contribution in [0.3, 0.4) is 0 Å². The molecular weight excluding hydrogens is 331 g/mol. The fourth-order valence-electron chi connectivity index (χ4n) is 4.20. The van der Waals surface area contributed by atoms with Gasteiger partial charge >= 0.3 is 0 Å². The van der Waals surface area contributed by atoms with Gasteiger partial charge in [-0.25, -0.2) is 4.39 Å². The highest BCUT2D eigenvalue weighted by atomic mass is 19.1. The Hall–Kier alpha value is -2.41. The number of benzene rings is 3. The van der Waals surface area contributed by atoms with Gasteiger partial charge in [0, 0.05) is 6.99 Å². The molecule has 0 nitrogen and oxygen atoms in total. The van der Waals surface area contributed by atoms with Crippen LogP contribution in [-0.2, 0) is 0 Å². The maximum Gasteiger partial charge on any atom is 0.131 e. The monoisotopic (exact) mass is 360 g/mol. The van der Waals surface area contributed by atoms with E-state index in [1.165, 1.54) is 36.8 Å². The summed E-state index contributed by atoms with van der Waals surface area (Å²) in [6.07, 6.45) is 5.25. The molecule has 0 spiro atoms. The van der Waals surface area contributed by atoms with Crippen molar-refractivity contribution < 1.29 is 5.82 Å². The van der Waals surface area contributed by atoms with Crippen molar-refractivity contribution in [1.82, 2.24) is 0 Å².